The molecule has 0 spiro atoms. The number of methoxy groups -OCH3 is 3. The van der Waals surface area contributed by atoms with E-state index in [1.54, 1.807) is 21.3 Å². The molecule has 1 aromatic rings. The maximum atomic E-state index is 10.4. The Morgan fingerprint density at radius 2 is 1.59 bits per heavy atom. The highest BCUT2D eigenvalue weighted by atomic mass is 35.5. The summed E-state index contributed by atoms with van der Waals surface area (Å²) < 4.78 is 21.8. The molecule has 0 aromatic heterocycles. The first-order chi connectivity index (χ1) is 12.5. The van der Waals surface area contributed by atoms with E-state index in [0.29, 0.717) is 49.1 Å². The molecule has 6 nitrogen and oxygen atoms in total. The van der Waals surface area contributed by atoms with Crippen molar-refractivity contribution in [3.05, 3.63) is 17.7 Å². The minimum atomic E-state index is -0.500. The molecular weight excluding hydrogens is 370 g/mol. The summed E-state index contributed by atoms with van der Waals surface area (Å²) in [6, 6.07) is 4.76. The SMILES string of the molecule is COc1cc(COCC(O)CN2C(C)CCCC2C)cc(OC)c1OC.Cl. The lowest BCUT2D eigenvalue weighted by Gasteiger charge is -2.40. The second-order valence-electron chi connectivity index (χ2n) is 7.03. The van der Waals surface area contributed by atoms with Crippen molar-refractivity contribution in [3.63, 3.8) is 0 Å². The van der Waals surface area contributed by atoms with Crippen LogP contribution in [0.25, 0.3) is 0 Å². The molecule has 3 atom stereocenters. The molecule has 0 saturated carbocycles. The lowest BCUT2D eigenvalue weighted by atomic mass is 9.97. The van der Waals surface area contributed by atoms with Crippen LogP contribution in [0.1, 0.15) is 38.7 Å². The van der Waals surface area contributed by atoms with E-state index in [0.717, 1.165) is 5.56 Å². The van der Waals surface area contributed by atoms with Crippen LogP contribution in [0.3, 0.4) is 0 Å². The van der Waals surface area contributed by atoms with Crippen molar-refractivity contribution in [2.45, 2.75) is 57.9 Å². The summed E-state index contributed by atoms with van der Waals surface area (Å²) in [5.41, 5.74) is 0.909. The van der Waals surface area contributed by atoms with Crippen LogP contribution in [-0.4, -0.2) is 62.7 Å². The molecule has 0 aliphatic carbocycles. The van der Waals surface area contributed by atoms with Gasteiger partial charge in [-0.1, -0.05) is 6.42 Å². The topological polar surface area (TPSA) is 60.4 Å². The number of nitrogens with zero attached hydrogens (tertiary/aromatic N) is 1. The van der Waals surface area contributed by atoms with E-state index in [-0.39, 0.29) is 12.4 Å². The number of aliphatic hydroxyl groups is 1. The lowest BCUT2D eigenvalue weighted by molar-refractivity contribution is -0.0135. The van der Waals surface area contributed by atoms with Crippen molar-refractivity contribution in [2.75, 3.05) is 34.5 Å². The molecule has 1 aliphatic rings. The molecular formula is C20H34ClNO5. The maximum Gasteiger partial charge on any atom is 0.203 e. The van der Waals surface area contributed by atoms with Gasteiger partial charge in [-0.05, 0) is 44.4 Å². The van der Waals surface area contributed by atoms with Crippen molar-refractivity contribution in [3.8, 4) is 17.2 Å². The number of hydrogen-bond acceptors (Lipinski definition) is 6. The molecule has 0 bridgehead atoms. The number of piperidine rings is 1. The van der Waals surface area contributed by atoms with Gasteiger partial charge in [0.25, 0.3) is 0 Å². The lowest BCUT2D eigenvalue weighted by Crippen LogP contribution is -2.48. The third-order valence-electron chi connectivity index (χ3n) is 5.10. The largest absolute Gasteiger partial charge is 0.493 e. The van der Waals surface area contributed by atoms with Gasteiger partial charge in [-0.25, -0.2) is 0 Å². The quantitative estimate of drug-likeness (QED) is 0.682. The van der Waals surface area contributed by atoms with Crippen LogP contribution in [0.2, 0.25) is 0 Å². The smallest absolute Gasteiger partial charge is 0.203 e. The first-order valence-corrected chi connectivity index (χ1v) is 9.30. The predicted molar refractivity (Wildman–Crippen MR) is 108 cm³/mol. The molecule has 2 rings (SSSR count). The van der Waals surface area contributed by atoms with E-state index >= 15 is 0 Å². The fourth-order valence-electron chi connectivity index (χ4n) is 3.66. The van der Waals surface area contributed by atoms with Gasteiger partial charge in [-0.3, -0.25) is 4.90 Å². The molecule has 27 heavy (non-hydrogen) atoms. The second-order valence-corrected chi connectivity index (χ2v) is 7.03. The molecule has 3 unspecified atom stereocenters. The van der Waals surface area contributed by atoms with Crippen LogP contribution in [0.5, 0.6) is 17.2 Å². The van der Waals surface area contributed by atoms with Crippen LogP contribution in [0, 0.1) is 0 Å². The molecule has 1 saturated heterocycles. The number of benzene rings is 1. The van der Waals surface area contributed by atoms with Gasteiger partial charge in [0.1, 0.15) is 0 Å². The van der Waals surface area contributed by atoms with E-state index in [2.05, 4.69) is 18.7 Å². The third-order valence-corrected chi connectivity index (χ3v) is 5.10. The van der Waals surface area contributed by atoms with Crippen molar-refractivity contribution < 1.29 is 24.1 Å². The Balaban J connectivity index is 0.00000364. The number of ether oxygens (including phenoxy) is 4. The zero-order valence-electron chi connectivity index (χ0n) is 17.1. The molecule has 1 heterocycles. The van der Waals surface area contributed by atoms with Gasteiger partial charge >= 0.3 is 0 Å². The molecule has 1 fully saturated rings. The highest BCUT2D eigenvalue weighted by Crippen LogP contribution is 2.38. The Labute approximate surface area is 169 Å². The van der Waals surface area contributed by atoms with E-state index in [9.17, 15) is 5.11 Å². The number of likely N-dealkylation sites (tertiary alicyclic amines) is 1. The minimum Gasteiger partial charge on any atom is -0.493 e. The zero-order chi connectivity index (χ0) is 19.1. The van der Waals surface area contributed by atoms with Crippen molar-refractivity contribution in [1.29, 1.82) is 0 Å². The van der Waals surface area contributed by atoms with Gasteiger partial charge in [0.05, 0.1) is 40.6 Å². The van der Waals surface area contributed by atoms with Crippen LogP contribution in [0.15, 0.2) is 12.1 Å². The van der Waals surface area contributed by atoms with Gasteiger partial charge in [0, 0.05) is 18.6 Å². The Kier molecular flexibility index (Phi) is 10.2. The van der Waals surface area contributed by atoms with Gasteiger partial charge in [-0.2, -0.15) is 0 Å². The zero-order valence-corrected chi connectivity index (χ0v) is 17.9. The normalized spacial score (nSPS) is 21.3. The molecule has 156 valence electrons. The molecule has 0 amide bonds. The summed E-state index contributed by atoms with van der Waals surface area (Å²) in [5, 5.41) is 10.4. The summed E-state index contributed by atoms with van der Waals surface area (Å²) in [6.45, 7) is 5.79. The molecule has 1 aromatic carbocycles. The van der Waals surface area contributed by atoms with Crippen molar-refractivity contribution >= 4 is 12.4 Å². The standard InChI is InChI=1S/C20H33NO5.ClH/c1-14-7-6-8-15(2)21(14)11-17(22)13-26-12-16-9-18(23-3)20(25-5)19(10-16)24-4;/h9-10,14-15,17,22H,6-8,11-13H2,1-5H3;1H. The van der Waals surface area contributed by atoms with Crippen LogP contribution in [-0.2, 0) is 11.3 Å². The Bertz CT molecular complexity index is 536. The summed E-state index contributed by atoms with van der Waals surface area (Å²) in [7, 11) is 4.76. The fourth-order valence-corrected chi connectivity index (χ4v) is 3.66. The number of hydrogen-bond donors (Lipinski definition) is 1. The Hall–Kier alpha value is -1.21. The van der Waals surface area contributed by atoms with Crippen molar-refractivity contribution in [1.82, 2.24) is 4.90 Å². The van der Waals surface area contributed by atoms with Gasteiger partial charge in [0.2, 0.25) is 5.75 Å². The van der Waals surface area contributed by atoms with Crippen LogP contribution < -0.4 is 14.2 Å². The molecule has 1 aliphatic heterocycles. The first kappa shape index (κ1) is 23.8. The number of aliphatic hydroxyl groups excluding tert-OH is 1. The van der Waals surface area contributed by atoms with Crippen LogP contribution >= 0.6 is 12.4 Å². The summed E-state index contributed by atoms with van der Waals surface area (Å²) in [6.07, 6.45) is 3.17. The second kappa shape index (κ2) is 11.6. The maximum absolute atomic E-state index is 10.4. The first-order valence-electron chi connectivity index (χ1n) is 9.30. The summed E-state index contributed by atoms with van der Waals surface area (Å²) in [5.74, 6) is 1.76. The predicted octanol–water partition coefficient (Wildman–Crippen LogP) is 3.27. The van der Waals surface area contributed by atoms with Crippen LogP contribution in [0.4, 0.5) is 0 Å². The number of rotatable bonds is 9. The summed E-state index contributed by atoms with van der Waals surface area (Å²) >= 11 is 0. The molecule has 0 radical (unpaired) electrons. The minimum absolute atomic E-state index is 0. The van der Waals surface area contributed by atoms with E-state index in [4.69, 9.17) is 18.9 Å². The van der Waals surface area contributed by atoms with E-state index in [1.807, 2.05) is 12.1 Å². The highest BCUT2D eigenvalue weighted by molar-refractivity contribution is 5.85. The average Bonchev–Trinajstić information content (AvgIpc) is 2.63. The third kappa shape index (κ3) is 6.42. The van der Waals surface area contributed by atoms with E-state index < -0.39 is 6.10 Å². The van der Waals surface area contributed by atoms with Gasteiger partial charge in [-0.15, -0.1) is 12.4 Å². The van der Waals surface area contributed by atoms with Gasteiger partial charge in [0.15, 0.2) is 11.5 Å². The molecule has 7 heteroatoms. The Morgan fingerprint density at radius 1 is 1.04 bits per heavy atom. The fraction of sp³-hybridized carbons (Fsp3) is 0.700. The van der Waals surface area contributed by atoms with Crippen molar-refractivity contribution in [2.24, 2.45) is 0 Å². The monoisotopic (exact) mass is 403 g/mol. The number of β-amino-alcohol motifs (C(OH)–C–C–N with tert-alkyl or cyclic N) is 1. The highest BCUT2D eigenvalue weighted by Gasteiger charge is 2.26. The molecule has 1 N–H and O–H groups in total. The summed E-state index contributed by atoms with van der Waals surface area (Å²) in [4.78, 5) is 2.39. The van der Waals surface area contributed by atoms with E-state index in [1.165, 1.54) is 19.3 Å². The van der Waals surface area contributed by atoms with Gasteiger partial charge < -0.3 is 24.1 Å². The number of halogens is 1. The average molecular weight is 404 g/mol. The Morgan fingerprint density at radius 3 is 2.07 bits per heavy atom.